The zero-order valence-corrected chi connectivity index (χ0v) is 22.0. The number of aromatic nitrogens is 3. The van der Waals surface area contributed by atoms with E-state index in [0.29, 0.717) is 12.3 Å². The molecule has 3 heterocycles. The van der Waals surface area contributed by atoms with E-state index < -0.39 is 0 Å². The van der Waals surface area contributed by atoms with Gasteiger partial charge >= 0.3 is 5.97 Å². The van der Waals surface area contributed by atoms with Gasteiger partial charge in [-0.3, -0.25) is 0 Å². The molecule has 3 aromatic carbocycles. The van der Waals surface area contributed by atoms with Crippen molar-refractivity contribution in [1.29, 1.82) is 0 Å². The summed E-state index contributed by atoms with van der Waals surface area (Å²) >= 11 is 7.28. The van der Waals surface area contributed by atoms with Crippen LogP contribution in [0.2, 0.25) is 0 Å². The molecule has 0 unspecified atom stereocenters. The van der Waals surface area contributed by atoms with Crippen molar-refractivity contribution in [1.82, 2.24) is 15.0 Å². The number of nitrogens with one attached hydrogen (secondary N) is 3. The molecule has 7 heteroatoms. The molecule has 6 rings (SSSR count). The molecule has 3 aromatic heterocycles. The zero-order chi connectivity index (χ0) is 23.7. The lowest BCUT2D eigenvalue weighted by atomic mass is 9.93. The van der Waals surface area contributed by atoms with Crippen LogP contribution in [0.5, 0.6) is 0 Å². The zero-order valence-electron chi connectivity index (χ0n) is 18.8. The van der Waals surface area contributed by atoms with Crippen LogP contribution in [0.4, 0.5) is 0 Å². The average molecular weight is 579 g/mol. The van der Waals surface area contributed by atoms with Crippen molar-refractivity contribution in [2.75, 3.05) is 6.61 Å². The summed E-state index contributed by atoms with van der Waals surface area (Å²) in [5.41, 5.74) is 8.76. The Morgan fingerprint density at radius 3 is 2.32 bits per heavy atom. The Morgan fingerprint density at radius 2 is 1.59 bits per heavy atom. The van der Waals surface area contributed by atoms with E-state index in [1.54, 1.807) is 0 Å². The Morgan fingerprint density at radius 1 is 0.882 bits per heavy atom. The van der Waals surface area contributed by atoms with Crippen LogP contribution in [0, 0.1) is 13.8 Å². The minimum atomic E-state index is -0.334. The van der Waals surface area contributed by atoms with Crippen molar-refractivity contribution < 1.29 is 9.53 Å². The number of ether oxygens (including phenoxy) is 1. The van der Waals surface area contributed by atoms with E-state index in [2.05, 4.69) is 84.2 Å². The number of carbonyl (C=O) groups is 1. The number of rotatable bonds is 3. The first kappa shape index (κ1) is 21.5. The minimum Gasteiger partial charge on any atom is -0.461 e. The summed E-state index contributed by atoms with van der Waals surface area (Å²) in [5.74, 6) is -0.334. The largest absolute Gasteiger partial charge is 0.461 e. The van der Waals surface area contributed by atoms with Crippen LogP contribution in [-0.2, 0) is 4.74 Å². The van der Waals surface area contributed by atoms with Crippen molar-refractivity contribution in [2.45, 2.75) is 20.8 Å². The fourth-order valence-corrected chi connectivity index (χ4v) is 5.90. The number of halogens is 2. The summed E-state index contributed by atoms with van der Waals surface area (Å²) in [6.45, 7) is 6.25. The number of fused-ring (bicyclic) bond motifs is 5. The summed E-state index contributed by atoms with van der Waals surface area (Å²) < 4.78 is 7.39. The molecule has 0 saturated carbocycles. The van der Waals surface area contributed by atoms with Gasteiger partial charge in [0, 0.05) is 58.8 Å². The first-order chi connectivity index (χ1) is 16.4. The Labute approximate surface area is 212 Å². The van der Waals surface area contributed by atoms with E-state index in [0.717, 1.165) is 74.8 Å². The number of aromatic amines is 3. The van der Waals surface area contributed by atoms with Gasteiger partial charge in [-0.2, -0.15) is 0 Å². The number of hydrogen-bond acceptors (Lipinski definition) is 2. The van der Waals surface area contributed by atoms with Gasteiger partial charge in [0.15, 0.2) is 0 Å². The fourth-order valence-electron chi connectivity index (χ4n) is 5.18. The predicted octanol–water partition coefficient (Wildman–Crippen LogP) is 8.27. The number of hydrogen-bond donors (Lipinski definition) is 3. The van der Waals surface area contributed by atoms with Crippen molar-refractivity contribution in [3.05, 3.63) is 68.4 Å². The maximum absolute atomic E-state index is 12.8. The van der Waals surface area contributed by atoms with Crippen molar-refractivity contribution in [3.63, 3.8) is 0 Å². The van der Waals surface area contributed by atoms with Crippen LogP contribution in [0.1, 0.15) is 28.5 Å². The van der Waals surface area contributed by atoms with Gasteiger partial charge in [-0.15, -0.1) is 0 Å². The molecule has 0 radical (unpaired) electrons. The molecule has 0 fully saturated rings. The standard InChI is InChI=1S/C27H21Br2N3O2/c1-4-34-27(33)25-13(3)21-12(2)24-22(17-10-15(29)6-8-20(17)31-24)23(26(21)32-25)18-11-30-19-7-5-14(28)9-16(18)19/h5-11,30-32H,4H2,1-3H3. The molecule has 3 N–H and O–H groups in total. The lowest BCUT2D eigenvalue weighted by Crippen LogP contribution is -2.06. The summed E-state index contributed by atoms with van der Waals surface area (Å²) in [7, 11) is 0. The van der Waals surface area contributed by atoms with E-state index >= 15 is 0 Å². The number of aryl methyl sites for hydroxylation is 2. The summed E-state index contributed by atoms with van der Waals surface area (Å²) in [6.07, 6.45) is 2.05. The molecule has 34 heavy (non-hydrogen) atoms. The van der Waals surface area contributed by atoms with E-state index in [-0.39, 0.29) is 5.97 Å². The summed E-state index contributed by atoms with van der Waals surface area (Å²) in [5, 5.41) is 4.40. The van der Waals surface area contributed by atoms with Crippen molar-refractivity contribution >= 4 is 81.4 Å². The topological polar surface area (TPSA) is 73.7 Å². The third kappa shape index (κ3) is 3.00. The molecule has 0 saturated heterocycles. The third-order valence-corrected chi connectivity index (χ3v) is 7.64. The Hall–Kier alpha value is -3.03. The molecular weight excluding hydrogens is 558 g/mol. The molecule has 5 nitrogen and oxygen atoms in total. The van der Waals surface area contributed by atoms with E-state index in [4.69, 9.17) is 4.74 Å². The second-order valence-corrected chi connectivity index (χ2v) is 10.4. The monoisotopic (exact) mass is 577 g/mol. The molecule has 0 aliphatic carbocycles. The van der Waals surface area contributed by atoms with Gasteiger partial charge in [-0.05, 0) is 68.3 Å². The Balaban J connectivity index is 1.86. The molecule has 0 atom stereocenters. The second kappa shape index (κ2) is 7.75. The molecule has 6 aromatic rings. The van der Waals surface area contributed by atoms with Gasteiger partial charge in [0.2, 0.25) is 0 Å². The van der Waals surface area contributed by atoms with Crippen LogP contribution in [-0.4, -0.2) is 27.5 Å². The first-order valence-corrected chi connectivity index (χ1v) is 12.7. The van der Waals surface area contributed by atoms with Crippen LogP contribution < -0.4 is 0 Å². The highest BCUT2D eigenvalue weighted by atomic mass is 79.9. The van der Waals surface area contributed by atoms with E-state index in [9.17, 15) is 4.79 Å². The van der Waals surface area contributed by atoms with Crippen LogP contribution in [0.15, 0.2) is 51.5 Å². The summed E-state index contributed by atoms with van der Waals surface area (Å²) in [6, 6.07) is 12.5. The third-order valence-electron chi connectivity index (χ3n) is 6.65. The highest BCUT2D eigenvalue weighted by Crippen LogP contribution is 2.46. The van der Waals surface area contributed by atoms with E-state index in [1.807, 2.05) is 26.0 Å². The molecule has 0 amide bonds. The molecule has 0 bridgehead atoms. The molecule has 170 valence electrons. The SMILES string of the molecule is CCOC(=O)c1[nH]c2c(-c3c[nH]c4ccc(Br)cc34)c3c([nH]c4ccc(Br)cc43)c(C)c2c1C. The van der Waals surface area contributed by atoms with E-state index in [1.165, 1.54) is 0 Å². The maximum atomic E-state index is 12.8. The van der Waals surface area contributed by atoms with Gasteiger partial charge in [-0.1, -0.05) is 31.9 Å². The Bertz CT molecular complexity index is 1790. The first-order valence-electron chi connectivity index (χ1n) is 11.1. The molecule has 0 aliphatic heterocycles. The maximum Gasteiger partial charge on any atom is 0.355 e. The smallest absolute Gasteiger partial charge is 0.355 e. The van der Waals surface area contributed by atoms with Gasteiger partial charge in [0.1, 0.15) is 5.69 Å². The van der Waals surface area contributed by atoms with Crippen LogP contribution in [0.25, 0.3) is 54.7 Å². The fraction of sp³-hybridized carbons (Fsp3) is 0.148. The minimum absolute atomic E-state index is 0.329. The van der Waals surface area contributed by atoms with Crippen LogP contribution >= 0.6 is 31.9 Å². The van der Waals surface area contributed by atoms with Crippen molar-refractivity contribution in [2.24, 2.45) is 0 Å². The average Bonchev–Trinajstić information content (AvgIpc) is 3.49. The molecule has 0 aliphatic rings. The van der Waals surface area contributed by atoms with Gasteiger partial charge < -0.3 is 19.7 Å². The quantitative estimate of drug-likeness (QED) is 0.185. The number of benzene rings is 3. The number of esters is 1. The van der Waals surface area contributed by atoms with Crippen molar-refractivity contribution in [3.8, 4) is 11.1 Å². The second-order valence-electron chi connectivity index (χ2n) is 8.55. The molecular formula is C27H21Br2N3O2. The van der Waals surface area contributed by atoms with Gasteiger partial charge in [0.05, 0.1) is 17.6 Å². The predicted molar refractivity (Wildman–Crippen MR) is 146 cm³/mol. The lowest BCUT2D eigenvalue weighted by Gasteiger charge is -2.10. The highest BCUT2D eigenvalue weighted by Gasteiger charge is 2.25. The molecule has 0 spiro atoms. The number of carbonyl (C=O) groups excluding carboxylic acids is 1. The van der Waals surface area contributed by atoms with Crippen LogP contribution in [0.3, 0.4) is 0 Å². The summed E-state index contributed by atoms with van der Waals surface area (Å²) in [4.78, 5) is 23.3. The lowest BCUT2D eigenvalue weighted by molar-refractivity contribution is 0.0520. The normalized spacial score (nSPS) is 11.9. The highest BCUT2D eigenvalue weighted by molar-refractivity contribution is 9.10. The van der Waals surface area contributed by atoms with Gasteiger partial charge in [-0.25, -0.2) is 4.79 Å². The Kier molecular flexibility index (Phi) is 4.90. The van der Waals surface area contributed by atoms with Gasteiger partial charge in [0.25, 0.3) is 0 Å². The number of H-pyrrole nitrogens is 3.